The maximum Gasteiger partial charge on any atom is 0.0207 e. The zero-order valence-corrected chi connectivity index (χ0v) is 10.3. The molecule has 0 saturated carbocycles. The first kappa shape index (κ1) is 11.7. The summed E-state index contributed by atoms with van der Waals surface area (Å²) in [7, 11) is 4.17. The number of hydrogen-bond acceptors (Lipinski definition) is 2. The molecule has 78 valence electrons. The number of halogens is 1. The van der Waals surface area contributed by atoms with E-state index in [9.17, 15) is 0 Å². The molecule has 1 aromatic rings. The smallest absolute Gasteiger partial charge is 0.0207 e. The first-order chi connectivity index (χ1) is 6.63. The van der Waals surface area contributed by atoms with Crippen molar-refractivity contribution in [2.45, 2.75) is 13.0 Å². The standard InChI is InChI=1S/C11H17BrN2/c1-14(2)6-5-10-7-9(8-13)3-4-11(10)12/h3-4,7H,5-6,8,13H2,1-2H3. The van der Waals surface area contributed by atoms with Crippen molar-refractivity contribution >= 4 is 15.9 Å². The van der Waals surface area contributed by atoms with Gasteiger partial charge in [0.15, 0.2) is 0 Å². The number of rotatable bonds is 4. The van der Waals surface area contributed by atoms with Crippen LogP contribution in [0.1, 0.15) is 11.1 Å². The second-order valence-corrected chi connectivity index (χ2v) is 4.54. The van der Waals surface area contributed by atoms with E-state index in [1.165, 1.54) is 15.6 Å². The Morgan fingerprint density at radius 3 is 2.64 bits per heavy atom. The van der Waals surface area contributed by atoms with Crippen molar-refractivity contribution in [1.29, 1.82) is 0 Å². The third-order valence-electron chi connectivity index (χ3n) is 2.17. The highest BCUT2D eigenvalue weighted by atomic mass is 79.9. The summed E-state index contributed by atoms with van der Waals surface area (Å²) in [6.07, 6.45) is 1.06. The molecular formula is C11H17BrN2. The van der Waals surface area contributed by atoms with Crippen molar-refractivity contribution in [1.82, 2.24) is 4.90 Å². The van der Waals surface area contributed by atoms with E-state index in [1.807, 2.05) is 0 Å². The predicted molar refractivity (Wildman–Crippen MR) is 64.3 cm³/mol. The van der Waals surface area contributed by atoms with Crippen LogP contribution in [0.25, 0.3) is 0 Å². The van der Waals surface area contributed by atoms with Gasteiger partial charge in [0.05, 0.1) is 0 Å². The summed E-state index contributed by atoms with van der Waals surface area (Å²) in [5.74, 6) is 0. The van der Waals surface area contributed by atoms with E-state index in [2.05, 4.69) is 53.1 Å². The fourth-order valence-corrected chi connectivity index (χ4v) is 1.74. The van der Waals surface area contributed by atoms with Crippen LogP contribution in [-0.2, 0) is 13.0 Å². The Balaban J connectivity index is 2.73. The Morgan fingerprint density at radius 1 is 1.36 bits per heavy atom. The fourth-order valence-electron chi connectivity index (χ4n) is 1.29. The minimum Gasteiger partial charge on any atom is -0.326 e. The summed E-state index contributed by atoms with van der Waals surface area (Å²) in [5, 5.41) is 0. The van der Waals surface area contributed by atoms with Crippen LogP contribution in [0.4, 0.5) is 0 Å². The number of benzene rings is 1. The van der Waals surface area contributed by atoms with Gasteiger partial charge < -0.3 is 10.6 Å². The fraction of sp³-hybridized carbons (Fsp3) is 0.455. The van der Waals surface area contributed by atoms with E-state index >= 15 is 0 Å². The molecule has 0 aliphatic heterocycles. The summed E-state index contributed by atoms with van der Waals surface area (Å²) in [6, 6.07) is 6.31. The molecule has 0 bridgehead atoms. The molecule has 3 heteroatoms. The average molecular weight is 257 g/mol. The van der Waals surface area contributed by atoms with E-state index in [-0.39, 0.29) is 0 Å². The molecule has 0 unspecified atom stereocenters. The largest absolute Gasteiger partial charge is 0.326 e. The van der Waals surface area contributed by atoms with E-state index in [1.54, 1.807) is 0 Å². The normalized spacial score (nSPS) is 10.9. The second kappa shape index (κ2) is 5.49. The highest BCUT2D eigenvalue weighted by Gasteiger charge is 2.01. The van der Waals surface area contributed by atoms with Crippen LogP contribution in [-0.4, -0.2) is 25.5 Å². The number of likely N-dealkylation sites (N-methyl/N-ethyl adjacent to an activating group) is 1. The van der Waals surface area contributed by atoms with Crippen molar-refractivity contribution in [3.8, 4) is 0 Å². The molecular weight excluding hydrogens is 240 g/mol. The van der Waals surface area contributed by atoms with Crippen LogP contribution < -0.4 is 5.73 Å². The number of nitrogens with zero attached hydrogens (tertiary/aromatic N) is 1. The van der Waals surface area contributed by atoms with Crippen molar-refractivity contribution in [3.63, 3.8) is 0 Å². The molecule has 0 aliphatic carbocycles. The molecule has 0 atom stereocenters. The topological polar surface area (TPSA) is 29.3 Å². The SMILES string of the molecule is CN(C)CCc1cc(CN)ccc1Br. The molecule has 0 fully saturated rings. The van der Waals surface area contributed by atoms with E-state index in [0.29, 0.717) is 6.54 Å². The van der Waals surface area contributed by atoms with Gasteiger partial charge in [0.25, 0.3) is 0 Å². The summed E-state index contributed by atoms with van der Waals surface area (Å²) < 4.78 is 1.18. The monoisotopic (exact) mass is 256 g/mol. The molecule has 0 aromatic heterocycles. The van der Waals surface area contributed by atoms with Crippen LogP contribution in [0.3, 0.4) is 0 Å². The lowest BCUT2D eigenvalue weighted by atomic mass is 10.1. The van der Waals surface area contributed by atoms with Gasteiger partial charge in [0.2, 0.25) is 0 Å². The van der Waals surface area contributed by atoms with Gasteiger partial charge in [-0.2, -0.15) is 0 Å². The Bertz CT molecular complexity index is 297. The van der Waals surface area contributed by atoms with Gasteiger partial charge in [-0.05, 0) is 37.7 Å². The van der Waals surface area contributed by atoms with Crippen LogP contribution in [0.2, 0.25) is 0 Å². The molecule has 2 N–H and O–H groups in total. The Kier molecular flexibility index (Phi) is 4.58. The highest BCUT2D eigenvalue weighted by molar-refractivity contribution is 9.10. The maximum atomic E-state index is 5.60. The van der Waals surface area contributed by atoms with Crippen LogP contribution in [0.15, 0.2) is 22.7 Å². The first-order valence-electron chi connectivity index (χ1n) is 4.75. The van der Waals surface area contributed by atoms with E-state index in [0.717, 1.165) is 13.0 Å². The zero-order valence-electron chi connectivity index (χ0n) is 8.76. The molecule has 1 rings (SSSR count). The highest BCUT2D eigenvalue weighted by Crippen LogP contribution is 2.18. The van der Waals surface area contributed by atoms with Crippen LogP contribution in [0.5, 0.6) is 0 Å². The van der Waals surface area contributed by atoms with Crippen molar-refractivity contribution < 1.29 is 0 Å². The number of nitrogens with two attached hydrogens (primary N) is 1. The first-order valence-corrected chi connectivity index (χ1v) is 5.55. The predicted octanol–water partition coefficient (Wildman–Crippen LogP) is 2.01. The van der Waals surface area contributed by atoms with Gasteiger partial charge in [-0.1, -0.05) is 28.1 Å². The van der Waals surface area contributed by atoms with Crippen LogP contribution >= 0.6 is 15.9 Å². The summed E-state index contributed by atoms with van der Waals surface area (Å²) in [6.45, 7) is 1.68. The molecule has 0 spiro atoms. The lowest BCUT2D eigenvalue weighted by Crippen LogP contribution is -2.15. The van der Waals surface area contributed by atoms with E-state index < -0.39 is 0 Å². The summed E-state index contributed by atoms with van der Waals surface area (Å²) in [5.41, 5.74) is 8.13. The molecule has 14 heavy (non-hydrogen) atoms. The van der Waals surface area contributed by atoms with Gasteiger partial charge >= 0.3 is 0 Å². The molecule has 2 nitrogen and oxygen atoms in total. The molecule has 0 saturated heterocycles. The lowest BCUT2D eigenvalue weighted by molar-refractivity contribution is 0.413. The summed E-state index contributed by atoms with van der Waals surface area (Å²) >= 11 is 3.55. The minimum absolute atomic E-state index is 0.613. The van der Waals surface area contributed by atoms with Crippen molar-refractivity contribution in [2.24, 2.45) is 5.73 Å². The van der Waals surface area contributed by atoms with E-state index in [4.69, 9.17) is 5.73 Å². The molecule has 0 radical (unpaired) electrons. The average Bonchev–Trinajstić information content (AvgIpc) is 2.16. The molecule has 1 aromatic carbocycles. The molecule has 0 amide bonds. The van der Waals surface area contributed by atoms with Crippen LogP contribution in [0, 0.1) is 0 Å². The van der Waals surface area contributed by atoms with Gasteiger partial charge in [-0.25, -0.2) is 0 Å². The minimum atomic E-state index is 0.613. The lowest BCUT2D eigenvalue weighted by Gasteiger charge is -2.11. The summed E-state index contributed by atoms with van der Waals surface area (Å²) in [4.78, 5) is 2.18. The van der Waals surface area contributed by atoms with Gasteiger partial charge in [-0.15, -0.1) is 0 Å². The molecule has 0 heterocycles. The van der Waals surface area contributed by atoms with Gasteiger partial charge in [-0.3, -0.25) is 0 Å². The van der Waals surface area contributed by atoms with Gasteiger partial charge in [0, 0.05) is 17.6 Å². The maximum absolute atomic E-state index is 5.60. The molecule has 0 aliphatic rings. The Hall–Kier alpha value is -0.380. The third kappa shape index (κ3) is 3.40. The quantitative estimate of drug-likeness (QED) is 0.894. The number of hydrogen-bond donors (Lipinski definition) is 1. The Labute approximate surface area is 94.2 Å². The van der Waals surface area contributed by atoms with Crippen molar-refractivity contribution in [3.05, 3.63) is 33.8 Å². The second-order valence-electron chi connectivity index (χ2n) is 3.68. The zero-order chi connectivity index (χ0) is 10.6. The van der Waals surface area contributed by atoms with Crippen molar-refractivity contribution in [2.75, 3.05) is 20.6 Å². The third-order valence-corrected chi connectivity index (χ3v) is 2.95. The van der Waals surface area contributed by atoms with Gasteiger partial charge in [0.1, 0.15) is 0 Å². The Morgan fingerprint density at radius 2 is 2.07 bits per heavy atom.